The fourth-order valence-electron chi connectivity index (χ4n) is 1.23. The van der Waals surface area contributed by atoms with Gasteiger partial charge in [0.15, 0.2) is 0 Å². The van der Waals surface area contributed by atoms with Crippen LogP contribution in [0.4, 0.5) is 0 Å². The minimum absolute atomic E-state index is 0.511. The van der Waals surface area contributed by atoms with E-state index < -0.39 is 0 Å². The number of fused-ring (bicyclic) bond motifs is 1. The van der Waals surface area contributed by atoms with Gasteiger partial charge >= 0.3 is 0 Å². The van der Waals surface area contributed by atoms with Crippen molar-refractivity contribution >= 4 is 37.4 Å². The van der Waals surface area contributed by atoms with Crippen molar-refractivity contribution in [1.29, 1.82) is 5.26 Å². The lowest BCUT2D eigenvalue weighted by Crippen LogP contribution is -1.68. The average Bonchev–Trinajstić information content (AvgIpc) is 2.46. The van der Waals surface area contributed by atoms with Crippen LogP contribution in [0.2, 0.25) is 0 Å². The van der Waals surface area contributed by atoms with Crippen molar-refractivity contribution in [3.63, 3.8) is 0 Å². The second-order valence-electron chi connectivity index (χ2n) is 2.73. The topological polar surface area (TPSA) is 23.8 Å². The van der Waals surface area contributed by atoms with Gasteiger partial charge in [0.2, 0.25) is 0 Å². The zero-order chi connectivity index (χ0) is 9.26. The van der Waals surface area contributed by atoms with Crippen LogP contribution in [0.1, 0.15) is 4.88 Å². The summed E-state index contributed by atoms with van der Waals surface area (Å²) in [7, 11) is 0. The first-order chi connectivity index (χ1) is 6.29. The molecule has 0 radical (unpaired) electrons. The first-order valence-electron chi connectivity index (χ1n) is 3.84. The van der Waals surface area contributed by atoms with E-state index >= 15 is 0 Å². The molecule has 0 fully saturated rings. The number of benzene rings is 1. The van der Waals surface area contributed by atoms with Gasteiger partial charge in [0.25, 0.3) is 0 Å². The SMILES string of the molecule is N#CCc1cc2cc(Br)ccc2s1. The number of hydrogen-bond donors (Lipinski definition) is 0. The Balaban J connectivity index is 2.57. The van der Waals surface area contributed by atoms with Gasteiger partial charge in [-0.2, -0.15) is 5.26 Å². The molecule has 1 heterocycles. The van der Waals surface area contributed by atoms with Crippen molar-refractivity contribution in [2.45, 2.75) is 6.42 Å². The van der Waals surface area contributed by atoms with Crippen molar-refractivity contribution in [2.75, 3.05) is 0 Å². The van der Waals surface area contributed by atoms with Gasteiger partial charge in [-0.1, -0.05) is 15.9 Å². The molecule has 0 N–H and O–H groups in total. The first kappa shape index (κ1) is 8.74. The molecule has 0 amide bonds. The van der Waals surface area contributed by atoms with Gasteiger partial charge in [-0.05, 0) is 29.7 Å². The van der Waals surface area contributed by atoms with Gasteiger partial charge in [0.1, 0.15) is 0 Å². The van der Waals surface area contributed by atoms with E-state index in [0.29, 0.717) is 6.42 Å². The maximum Gasteiger partial charge on any atom is 0.0696 e. The average molecular weight is 252 g/mol. The number of nitrogens with zero attached hydrogens (tertiary/aromatic N) is 1. The van der Waals surface area contributed by atoms with E-state index in [9.17, 15) is 0 Å². The third-order valence-electron chi connectivity index (χ3n) is 1.78. The molecule has 0 aliphatic rings. The quantitative estimate of drug-likeness (QED) is 0.758. The van der Waals surface area contributed by atoms with Crippen LogP contribution in [0.15, 0.2) is 28.7 Å². The van der Waals surface area contributed by atoms with Gasteiger partial charge in [-0.3, -0.25) is 0 Å². The van der Waals surface area contributed by atoms with Crippen molar-refractivity contribution < 1.29 is 0 Å². The minimum Gasteiger partial charge on any atom is -0.198 e. The normalized spacial score (nSPS) is 10.2. The van der Waals surface area contributed by atoms with Crippen LogP contribution in [0.3, 0.4) is 0 Å². The fourth-order valence-corrected chi connectivity index (χ4v) is 2.59. The standard InChI is InChI=1S/C10H6BrNS/c11-8-1-2-10-7(5-8)6-9(13-10)3-4-12/h1-2,5-6H,3H2. The highest BCUT2D eigenvalue weighted by molar-refractivity contribution is 9.10. The Morgan fingerprint density at radius 3 is 3.00 bits per heavy atom. The lowest BCUT2D eigenvalue weighted by atomic mass is 10.2. The number of rotatable bonds is 1. The molecule has 2 aromatic rings. The summed E-state index contributed by atoms with van der Waals surface area (Å²) in [4.78, 5) is 1.13. The van der Waals surface area contributed by atoms with Crippen molar-refractivity contribution in [3.8, 4) is 6.07 Å². The van der Waals surface area contributed by atoms with Crippen LogP contribution < -0.4 is 0 Å². The summed E-state index contributed by atoms with van der Waals surface area (Å²) in [5.41, 5.74) is 0. The van der Waals surface area contributed by atoms with Crippen LogP contribution in [0, 0.1) is 11.3 Å². The Kier molecular flexibility index (Phi) is 2.34. The summed E-state index contributed by atoms with van der Waals surface area (Å²) in [5, 5.41) is 9.76. The third-order valence-corrected chi connectivity index (χ3v) is 3.39. The molecule has 0 atom stereocenters. The van der Waals surface area contributed by atoms with Crippen LogP contribution in [-0.2, 0) is 6.42 Å². The molecule has 0 saturated heterocycles. The number of nitriles is 1. The van der Waals surface area contributed by atoms with Crippen LogP contribution in [0.25, 0.3) is 10.1 Å². The lowest BCUT2D eigenvalue weighted by molar-refractivity contribution is 1.32. The van der Waals surface area contributed by atoms with Gasteiger partial charge in [0.05, 0.1) is 12.5 Å². The molecular formula is C10H6BrNS. The zero-order valence-corrected chi connectivity index (χ0v) is 9.15. The summed E-state index contributed by atoms with van der Waals surface area (Å²) in [6, 6.07) is 10.4. The third kappa shape index (κ3) is 1.74. The van der Waals surface area contributed by atoms with Crippen LogP contribution in [-0.4, -0.2) is 0 Å². The maximum absolute atomic E-state index is 8.55. The lowest BCUT2D eigenvalue weighted by Gasteiger charge is -1.88. The Bertz CT molecular complexity index is 481. The van der Waals surface area contributed by atoms with E-state index in [0.717, 1.165) is 9.35 Å². The Hall–Kier alpha value is -0.850. The Morgan fingerprint density at radius 2 is 2.23 bits per heavy atom. The molecule has 0 spiro atoms. The number of halogens is 1. The molecule has 0 aliphatic carbocycles. The largest absolute Gasteiger partial charge is 0.198 e. The molecule has 13 heavy (non-hydrogen) atoms. The van der Waals surface area contributed by atoms with E-state index in [1.807, 2.05) is 6.07 Å². The monoisotopic (exact) mass is 251 g/mol. The van der Waals surface area contributed by atoms with Gasteiger partial charge in [-0.15, -0.1) is 11.3 Å². The molecule has 0 unspecified atom stereocenters. The molecule has 0 aliphatic heterocycles. The summed E-state index contributed by atoms with van der Waals surface area (Å²) < 4.78 is 2.33. The fraction of sp³-hybridized carbons (Fsp3) is 0.100. The van der Waals surface area contributed by atoms with Crippen molar-refractivity contribution in [3.05, 3.63) is 33.6 Å². The van der Waals surface area contributed by atoms with E-state index in [2.05, 4.69) is 40.2 Å². The molecule has 0 bridgehead atoms. The molecule has 1 aromatic heterocycles. The Labute approximate surface area is 88.7 Å². The molecule has 3 heteroatoms. The summed E-state index contributed by atoms with van der Waals surface area (Å²) >= 11 is 5.11. The van der Waals surface area contributed by atoms with Crippen molar-refractivity contribution in [2.24, 2.45) is 0 Å². The Morgan fingerprint density at radius 1 is 1.38 bits per heavy atom. The van der Waals surface area contributed by atoms with Gasteiger partial charge < -0.3 is 0 Å². The minimum atomic E-state index is 0.511. The van der Waals surface area contributed by atoms with Crippen molar-refractivity contribution in [1.82, 2.24) is 0 Å². The smallest absolute Gasteiger partial charge is 0.0696 e. The molecule has 1 aromatic carbocycles. The molecular weight excluding hydrogens is 246 g/mol. The maximum atomic E-state index is 8.55. The first-order valence-corrected chi connectivity index (χ1v) is 5.45. The van der Waals surface area contributed by atoms with Gasteiger partial charge in [-0.25, -0.2) is 0 Å². The summed E-state index contributed by atoms with van der Waals surface area (Å²) in [5.74, 6) is 0. The number of hydrogen-bond acceptors (Lipinski definition) is 2. The van der Waals surface area contributed by atoms with E-state index in [4.69, 9.17) is 5.26 Å². The highest BCUT2D eigenvalue weighted by Crippen LogP contribution is 2.28. The van der Waals surface area contributed by atoms with E-state index in [1.165, 1.54) is 10.1 Å². The summed E-state index contributed by atoms with van der Waals surface area (Å²) in [6.07, 6.45) is 0.511. The molecule has 64 valence electrons. The highest BCUT2D eigenvalue weighted by atomic mass is 79.9. The molecule has 1 nitrogen and oxygen atoms in total. The van der Waals surface area contributed by atoms with Gasteiger partial charge in [0, 0.05) is 14.0 Å². The van der Waals surface area contributed by atoms with Crippen LogP contribution >= 0.6 is 27.3 Å². The van der Waals surface area contributed by atoms with Crippen LogP contribution in [0.5, 0.6) is 0 Å². The van der Waals surface area contributed by atoms with E-state index in [1.54, 1.807) is 11.3 Å². The number of thiophene rings is 1. The second kappa shape index (κ2) is 3.49. The molecule has 0 saturated carbocycles. The molecule has 2 rings (SSSR count). The highest BCUT2D eigenvalue weighted by Gasteiger charge is 2.00. The summed E-state index contributed by atoms with van der Waals surface area (Å²) in [6.45, 7) is 0. The second-order valence-corrected chi connectivity index (χ2v) is 4.81. The van der Waals surface area contributed by atoms with E-state index in [-0.39, 0.29) is 0 Å². The predicted octanol–water partition coefficient (Wildman–Crippen LogP) is 3.73. The predicted molar refractivity (Wildman–Crippen MR) is 58.8 cm³/mol. The zero-order valence-electron chi connectivity index (χ0n) is 6.75.